The lowest BCUT2D eigenvalue weighted by Crippen LogP contribution is -2.62. The Morgan fingerprint density at radius 3 is 1.69 bits per heavy atom. The van der Waals surface area contributed by atoms with E-state index in [0.717, 1.165) is 32.1 Å². The number of nitrogens with two attached hydrogens (primary N) is 1. The summed E-state index contributed by atoms with van der Waals surface area (Å²) < 4.78 is 0. The molecule has 4 aliphatic carbocycles. The monoisotopic (exact) mass is 219 g/mol. The highest BCUT2D eigenvalue weighted by Gasteiger charge is 2.59. The van der Waals surface area contributed by atoms with E-state index in [1.54, 1.807) is 0 Å². The molecule has 4 rings (SSSR count). The van der Waals surface area contributed by atoms with Crippen molar-refractivity contribution in [2.75, 3.05) is 0 Å². The Morgan fingerprint density at radius 1 is 0.923 bits per heavy atom. The molecule has 0 aromatic heterocycles. The zero-order valence-corrected chi connectivity index (χ0v) is 9.11. The van der Waals surface area contributed by atoms with Gasteiger partial charge in [-0.05, 0) is 43.9 Å². The van der Waals surface area contributed by atoms with Gasteiger partial charge in [-0.3, -0.25) is 0 Å². The molecule has 4 saturated carbocycles. The molecule has 0 aliphatic heterocycles. The van der Waals surface area contributed by atoms with Gasteiger partial charge in [0.05, 0.1) is 0 Å². The van der Waals surface area contributed by atoms with E-state index in [0.29, 0.717) is 17.9 Å². The first-order valence-corrected chi connectivity index (χ1v) is 5.89. The van der Waals surface area contributed by atoms with Gasteiger partial charge in [0.2, 0.25) is 0 Å². The van der Waals surface area contributed by atoms with E-state index in [1.807, 2.05) is 0 Å². The standard InChI is InChI=1S/C10H15Cl2N/c11-9-1-6-2-10(12,5-9)4-7(3-9)8(6)13/h6-8H,1-5,13H2. The van der Waals surface area contributed by atoms with Gasteiger partial charge in [-0.25, -0.2) is 0 Å². The lowest BCUT2D eigenvalue weighted by molar-refractivity contribution is 0.0287. The number of hydrogen-bond donors (Lipinski definition) is 1. The molecular formula is C10H15Cl2N. The van der Waals surface area contributed by atoms with Crippen LogP contribution in [-0.2, 0) is 0 Å². The van der Waals surface area contributed by atoms with E-state index in [2.05, 4.69) is 0 Å². The van der Waals surface area contributed by atoms with E-state index in [1.165, 1.54) is 0 Å². The molecule has 2 N–H and O–H groups in total. The molecule has 4 fully saturated rings. The molecule has 3 heteroatoms. The Balaban J connectivity index is 1.99. The first kappa shape index (κ1) is 8.82. The van der Waals surface area contributed by atoms with Crippen molar-refractivity contribution in [2.24, 2.45) is 17.6 Å². The third kappa shape index (κ3) is 1.17. The summed E-state index contributed by atoms with van der Waals surface area (Å²) in [7, 11) is 0. The maximum Gasteiger partial charge on any atom is 0.0470 e. The van der Waals surface area contributed by atoms with Crippen molar-refractivity contribution in [3.05, 3.63) is 0 Å². The lowest BCUT2D eigenvalue weighted by Gasteiger charge is -2.60. The van der Waals surface area contributed by atoms with Crippen LogP contribution in [0, 0.1) is 11.8 Å². The topological polar surface area (TPSA) is 26.0 Å². The molecule has 1 nitrogen and oxygen atoms in total. The fourth-order valence-corrected chi connectivity index (χ4v) is 5.35. The molecule has 0 spiro atoms. The Labute approximate surface area is 89.0 Å². The number of halogens is 2. The van der Waals surface area contributed by atoms with E-state index >= 15 is 0 Å². The molecule has 74 valence electrons. The Bertz CT molecular complexity index is 217. The van der Waals surface area contributed by atoms with Gasteiger partial charge in [0, 0.05) is 15.8 Å². The van der Waals surface area contributed by atoms with Crippen LogP contribution in [0.15, 0.2) is 0 Å². The second-order valence-corrected chi connectivity index (χ2v) is 7.00. The molecule has 4 aliphatic rings. The summed E-state index contributed by atoms with van der Waals surface area (Å²) in [6.45, 7) is 0. The fourth-order valence-electron chi connectivity index (χ4n) is 3.98. The first-order valence-electron chi connectivity index (χ1n) is 5.13. The van der Waals surface area contributed by atoms with Gasteiger partial charge in [0.15, 0.2) is 0 Å². The minimum absolute atomic E-state index is 0.00343. The third-order valence-electron chi connectivity index (χ3n) is 4.23. The SMILES string of the molecule is NC1C2CC3(Cl)CC1CC(Cl)(C2)C3. The molecular weight excluding hydrogens is 205 g/mol. The molecule has 13 heavy (non-hydrogen) atoms. The van der Waals surface area contributed by atoms with Crippen molar-refractivity contribution in [3.8, 4) is 0 Å². The Kier molecular flexibility index (Phi) is 1.61. The summed E-state index contributed by atoms with van der Waals surface area (Å²) in [4.78, 5) is 0.00685. The molecule has 4 bridgehead atoms. The van der Waals surface area contributed by atoms with Crippen LogP contribution < -0.4 is 5.73 Å². The number of rotatable bonds is 0. The summed E-state index contributed by atoms with van der Waals surface area (Å²) in [5, 5.41) is 0. The molecule has 0 unspecified atom stereocenters. The van der Waals surface area contributed by atoms with Crippen LogP contribution in [0.4, 0.5) is 0 Å². The van der Waals surface area contributed by atoms with Crippen LogP contribution in [0.25, 0.3) is 0 Å². The van der Waals surface area contributed by atoms with Crippen molar-refractivity contribution in [1.29, 1.82) is 0 Å². The van der Waals surface area contributed by atoms with Crippen LogP contribution >= 0.6 is 23.2 Å². The maximum atomic E-state index is 6.55. The fraction of sp³-hybridized carbons (Fsp3) is 1.00. The van der Waals surface area contributed by atoms with Gasteiger partial charge in [0.1, 0.15) is 0 Å². The van der Waals surface area contributed by atoms with Crippen LogP contribution in [-0.4, -0.2) is 15.8 Å². The molecule has 0 amide bonds. The van der Waals surface area contributed by atoms with Crippen molar-refractivity contribution in [3.63, 3.8) is 0 Å². The van der Waals surface area contributed by atoms with Crippen LogP contribution in [0.5, 0.6) is 0 Å². The highest BCUT2D eigenvalue weighted by Crippen LogP contribution is 2.61. The number of hydrogen-bond acceptors (Lipinski definition) is 1. The molecule has 0 aromatic carbocycles. The second kappa shape index (κ2) is 2.37. The molecule has 0 atom stereocenters. The van der Waals surface area contributed by atoms with Crippen molar-refractivity contribution < 1.29 is 0 Å². The average Bonchev–Trinajstić information content (AvgIpc) is 1.94. The molecule has 0 radical (unpaired) electrons. The Hall–Kier alpha value is 0.540. The van der Waals surface area contributed by atoms with E-state index in [4.69, 9.17) is 28.9 Å². The smallest absolute Gasteiger partial charge is 0.0470 e. The molecule has 0 aromatic rings. The van der Waals surface area contributed by atoms with E-state index in [-0.39, 0.29) is 9.75 Å². The van der Waals surface area contributed by atoms with Gasteiger partial charge in [-0.2, -0.15) is 0 Å². The minimum Gasteiger partial charge on any atom is -0.327 e. The zero-order chi connectivity index (χ0) is 9.27. The van der Waals surface area contributed by atoms with Crippen LogP contribution in [0.3, 0.4) is 0 Å². The zero-order valence-electron chi connectivity index (χ0n) is 7.60. The van der Waals surface area contributed by atoms with Gasteiger partial charge in [-0.1, -0.05) is 0 Å². The summed E-state index contributed by atoms with van der Waals surface area (Å²) >= 11 is 13.1. The van der Waals surface area contributed by atoms with Gasteiger partial charge in [-0.15, -0.1) is 23.2 Å². The average molecular weight is 220 g/mol. The summed E-state index contributed by atoms with van der Waals surface area (Å²) in [6, 6.07) is 0.374. The predicted octanol–water partition coefficient (Wildman–Crippen LogP) is 2.49. The summed E-state index contributed by atoms with van der Waals surface area (Å²) in [6.07, 6.45) is 5.39. The maximum absolute atomic E-state index is 6.55. The largest absolute Gasteiger partial charge is 0.327 e. The van der Waals surface area contributed by atoms with Crippen molar-refractivity contribution in [2.45, 2.75) is 47.9 Å². The number of alkyl halides is 2. The predicted molar refractivity (Wildman–Crippen MR) is 55.2 cm³/mol. The first-order chi connectivity index (χ1) is 6.00. The highest BCUT2D eigenvalue weighted by atomic mass is 35.5. The van der Waals surface area contributed by atoms with E-state index < -0.39 is 0 Å². The summed E-state index contributed by atoms with van der Waals surface area (Å²) in [5.41, 5.74) is 6.17. The molecule has 0 saturated heterocycles. The summed E-state index contributed by atoms with van der Waals surface area (Å²) in [5.74, 6) is 1.19. The quantitative estimate of drug-likeness (QED) is 0.623. The van der Waals surface area contributed by atoms with Gasteiger partial charge >= 0.3 is 0 Å². The van der Waals surface area contributed by atoms with Crippen molar-refractivity contribution >= 4 is 23.2 Å². The van der Waals surface area contributed by atoms with Crippen molar-refractivity contribution in [1.82, 2.24) is 0 Å². The van der Waals surface area contributed by atoms with Gasteiger partial charge < -0.3 is 5.73 Å². The van der Waals surface area contributed by atoms with Crippen LogP contribution in [0.2, 0.25) is 0 Å². The third-order valence-corrected chi connectivity index (χ3v) is 5.12. The normalized spacial score (nSPS) is 64.4. The van der Waals surface area contributed by atoms with E-state index in [9.17, 15) is 0 Å². The molecule has 0 heterocycles. The lowest BCUT2D eigenvalue weighted by atomic mass is 9.53. The van der Waals surface area contributed by atoms with Gasteiger partial charge in [0.25, 0.3) is 0 Å². The highest BCUT2D eigenvalue weighted by molar-refractivity contribution is 6.28. The minimum atomic E-state index is 0.00343. The second-order valence-electron chi connectivity index (χ2n) is 5.39. The van der Waals surface area contributed by atoms with Crippen LogP contribution in [0.1, 0.15) is 32.1 Å². The Morgan fingerprint density at radius 2 is 1.31 bits per heavy atom.